The van der Waals surface area contributed by atoms with Crippen LogP contribution in [0.5, 0.6) is 0 Å². The lowest BCUT2D eigenvalue weighted by Gasteiger charge is -2.19. The van der Waals surface area contributed by atoms with Crippen molar-refractivity contribution in [3.8, 4) is 0 Å². The Bertz CT molecular complexity index is 147. The maximum absolute atomic E-state index is 10.9. The molecule has 86 valence electrons. The molecule has 0 aliphatic heterocycles. The van der Waals surface area contributed by atoms with E-state index in [-0.39, 0.29) is 19.0 Å². The zero-order valence-corrected chi connectivity index (χ0v) is 9.05. The van der Waals surface area contributed by atoms with Crippen LogP contribution in [-0.4, -0.2) is 24.8 Å². The molecule has 0 saturated heterocycles. The Morgan fingerprint density at radius 2 is 1.79 bits per heavy atom. The highest BCUT2D eigenvalue weighted by Gasteiger charge is 2.09. The minimum atomic E-state index is -0.156. The van der Waals surface area contributed by atoms with Crippen molar-refractivity contribution in [2.24, 2.45) is 0 Å². The predicted octanol–water partition coefficient (Wildman–Crippen LogP) is 2.78. The number of hydrogen-bond acceptors (Lipinski definition) is 3. The molecule has 3 nitrogen and oxygen atoms in total. The lowest BCUT2D eigenvalue weighted by atomic mass is 10.2. The van der Waals surface area contributed by atoms with E-state index in [1.165, 1.54) is 0 Å². The van der Waals surface area contributed by atoms with Gasteiger partial charge in [0.25, 0.3) is 0 Å². The lowest BCUT2D eigenvalue weighted by molar-refractivity contribution is -0.146. The van der Waals surface area contributed by atoms with Gasteiger partial charge in [0.2, 0.25) is 0 Å². The van der Waals surface area contributed by atoms with Crippen molar-refractivity contribution in [2.75, 3.05) is 13.2 Å². The van der Waals surface area contributed by atoms with Crippen LogP contribution in [0.15, 0.2) is 0 Å². The number of carbonyl (C=O) groups excluding carboxylic acids is 1. The molecule has 0 radical (unpaired) electrons. The summed E-state index contributed by atoms with van der Waals surface area (Å²) in [5.41, 5.74) is -0.156. The molecule has 0 N–H and O–H groups in total. The molecule has 0 spiro atoms. The average Bonchev–Trinajstić information content (AvgIpc) is 1.97. The smallest absolute Gasteiger partial charge is 0.305 e. The molecule has 3 heteroatoms. The zero-order valence-electron chi connectivity index (χ0n) is 9.05. The Morgan fingerprint density at radius 3 is 2.21 bits per heavy atom. The molecular formula is C11H24O3. The first-order chi connectivity index (χ1) is 5.95. The second kappa shape index (κ2) is 7.80. The van der Waals surface area contributed by atoms with E-state index in [1.54, 1.807) is 0 Å². The predicted molar refractivity (Wildman–Crippen MR) is 58.3 cm³/mol. The molecule has 0 aliphatic rings. The van der Waals surface area contributed by atoms with Gasteiger partial charge >= 0.3 is 5.97 Å². The highest BCUT2D eigenvalue weighted by Crippen LogP contribution is 2.05. The summed E-state index contributed by atoms with van der Waals surface area (Å²) in [4.78, 5) is 10.9. The fourth-order valence-electron chi connectivity index (χ4n) is 0.780. The highest BCUT2D eigenvalue weighted by atomic mass is 16.6. The van der Waals surface area contributed by atoms with E-state index in [9.17, 15) is 4.79 Å². The average molecular weight is 204 g/mol. The van der Waals surface area contributed by atoms with Gasteiger partial charge in [0.05, 0.1) is 12.2 Å². The third-order valence-electron chi connectivity index (χ3n) is 1.34. The van der Waals surface area contributed by atoms with Crippen LogP contribution in [0.4, 0.5) is 0 Å². The number of carbonyl (C=O) groups is 1. The Kier molecular flexibility index (Phi) is 8.85. The van der Waals surface area contributed by atoms with Crippen molar-refractivity contribution in [3.63, 3.8) is 0 Å². The van der Waals surface area contributed by atoms with Gasteiger partial charge in [-0.25, -0.2) is 0 Å². The maximum atomic E-state index is 10.9. The van der Waals surface area contributed by atoms with Crippen molar-refractivity contribution in [1.82, 2.24) is 0 Å². The van der Waals surface area contributed by atoms with E-state index >= 15 is 0 Å². The van der Waals surface area contributed by atoms with Crippen molar-refractivity contribution in [2.45, 2.75) is 53.6 Å². The summed E-state index contributed by atoms with van der Waals surface area (Å²) < 4.78 is 10.3. The largest absolute Gasteiger partial charge is 0.463 e. The Morgan fingerprint density at radius 1 is 1.21 bits per heavy atom. The molecule has 0 aromatic carbocycles. The Labute approximate surface area is 87.8 Å². The van der Waals surface area contributed by atoms with Crippen LogP contribution in [0.2, 0.25) is 0 Å². The number of hydrogen-bond donors (Lipinski definition) is 0. The van der Waals surface area contributed by atoms with Crippen molar-refractivity contribution < 1.29 is 14.3 Å². The lowest BCUT2D eigenvalue weighted by Crippen LogP contribution is -2.22. The summed E-state index contributed by atoms with van der Waals surface area (Å²) in [7, 11) is 0. The van der Waals surface area contributed by atoms with E-state index in [0.29, 0.717) is 19.6 Å². The fraction of sp³-hybridized carbons (Fsp3) is 0.909. The first-order valence-corrected chi connectivity index (χ1v) is 4.75. The third-order valence-corrected chi connectivity index (χ3v) is 1.34. The molecule has 0 atom stereocenters. The summed E-state index contributed by atoms with van der Waals surface area (Å²) >= 11 is 0. The van der Waals surface area contributed by atoms with Crippen LogP contribution >= 0.6 is 0 Å². The van der Waals surface area contributed by atoms with Gasteiger partial charge in [0.1, 0.15) is 6.61 Å². The van der Waals surface area contributed by atoms with Crippen LogP contribution in [0.1, 0.15) is 48.0 Å². The topological polar surface area (TPSA) is 35.5 Å². The summed E-state index contributed by atoms with van der Waals surface area (Å²) in [6.07, 6.45) is 1.33. The second-order valence-electron chi connectivity index (χ2n) is 3.93. The zero-order chi connectivity index (χ0) is 10.3. The van der Waals surface area contributed by atoms with Crippen molar-refractivity contribution >= 4 is 5.97 Å². The number of ether oxygens (including phenoxy) is 2. The summed E-state index contributed by atoms with van der Waals surface area (Å²) in [6.45, 7) is 8.70. The third kappa shape index (κ3) is 11.4. The van der Waals surface area contributed by atoms with Gasteiger partial charge in [-0.3, -0.25) is 4.79 Å². The number of esters is 1. The molecular weight excluding hydrogens is 180 g/mol. The standard InChI is InChI=1S/C10H20O3.CH4/c1-5-6-9(11)12-7-8-13-10(2,3)4;/h5-8H2,1-4H3;1H4. The maximum Gasteiger partial charge on any atom is 0.305 e. The minimum absolute atomic E-state index is 0. The second-order valence-corrected chi connectivity index (χ2v) is 3.93. The molecule has 14 heavy (non-hydrogen) atoms. The van der Waals surface area contributed by atoms with Crippen molar-refractivity contribution in [3.05, 3.63) is 0 Å². The molecule has 0 amide bonds. The van der Waals surface area contributed by atoms with Gasteiger partial charge in [-0.15, -0.1) is 0 Å². The van der Waals surface area contributed by atoms with Crippen molar-refractivity contribution in [1.29, 1.82) is 0 Å². The minimum Gasteiger partial charge on any atom is -0.463 e. The quantitative estimate of drug-likeness (QED) is 0.510. The van der Waals surface area contributed by atoms with Crippen LogP contribution in [0.3, 0.4) is 0 Å². The normalized spacial score (nSPS) is 10.6. The van der Waals surface area contributed by atoms with E-state index in [4.69, 9.17) is 9.47 Å². The van der Waals surface area contributed by atoms with Gasteiger partial charge in [-0.05, 0) is 27.2 Å². The summed E-state index contributed by atoms with van der Waals surface area (Å²) in [5.74, 6) is -0.139. The van der Waals surface area contributed by atoms with Crippen LogP contribution in [0, 0.1) is 0 Å². The molecule has 0 aromatic rings. The van der Waals surface area contributed by atoms with E-state index in [0.717, 1.165) is 6.42 Å². The highest BCUT2D eigenvalue weighted by molar-refractivity contribution is 5.69. The molecule has 0 aromatic heterocycles. The number of rotatable bonds is 5. The van der Waals surface area contributed by atoms with Crippen LogP contribution in [0.25, 0.3) is 0 Å². The first kappa shape index (κ1) is 15.9. The van der Waals surface area contributed by atoms with Gasteiger partial charge in [0, 0.05) is 6.42 Å². The van der Waals surface area contributed by atoms with Gasteiger partial charge < -0.3 is 9.47 Å². The van der Waals surface area contributed by atoms with Crippen LogP contribution in [-0.2, 0) is 14.3 Å². The molecule has 0 bridgehead atoms. The molecule has 0 aliphatic carbocycles. The Hall–Kier alpha value is -0.570. The molecule has 0 fully saturated rings. The Balaban J connectivity index is 0. The van der Waals surface area contributed by atoms with Gasteiger partial charge in [-0.2, -0.15) is 0 Å². The monoisotopic (exact) mass is 204 g/mol. The van der Waals surface area contributed by atoms with E-state index < -0.39 is 0 Å². The summed E-state index contributed by atoms with van der Waals surface area (Å²) in [6, 6.07) is 0. The van der Waals surface area contributed by atoms with Gasteiger partial charge in [0.15, 0.2) is 0 Å². The molecule has 0 unspecified atom stereocenters. The van der Waals surface area contributed by atoms with E-state index in [2.05, 4.69) is 0 Å². The summed E-state index contributed by atoms with van der Waals surface area (Å²) in [5, 5.41) is 0. The van der Waals surface area contributed by atoms with Crippen LogP contribution < -0.4 is 0 Å². The molecule has 0 heterocycles. The SMILES string of the molecule is C.CCCC(=O)OCCOC(C)(C)C. The van der Waals surface area contributed by atoms with Gasteiger partial charge in [-0.1, -0.05) is 14.4 Å². The van der Waals surface area contributed by atoms with E-state index in [1.807, 2.05) is 27.7 Å². The first-order valence-electron chi connectivity index (χ1n) is 4.75. The molecule has 0 rings (SSSR count). The molecule has 0 saturated carbocycles. The fourth-order valence-corrected chi connectivity index (χ4v) is 0.780.